The molecule has 19 heteroatoms. The minimum atomic E-state index is -1.52. The summed E-state index contributed by atoms with van der Waals surface area (Å²) in [6.07, 6.45) is 6.21. The number of esters is 2. The zero-order valence-electron chi connectivity index (χ0n) is 28.9. The maximum atomic E-state index is 12.0. The van der Waals surface area contributed by atoms with E-state index in [4.69, 9.17) is 70.7 Å². The number of aromatic nitrogens is 6. The van der Waals surface area contributed by atoms with Crippen LogP contribution in [0.15, 0.2) is 65.8 Å². The number of carbonyl (C=O) groups is 2. The zero-order valence-corrected chi connectivity index (χ0v) is 33.5. The predicted molar refractivity (Wildman–Crippen MR) is 208 cm³/mol. The van der Waals surface area contributed by atoms with Gasteiger partial charge in [0.25, 0.3) is 0 Å². The predicted octanol–water partition coefficient (Wildman–Crippen LogP) is 7.35. The lowest BCUT2D eigenvalue weighted by atomic mass is 9.80. The molecule has 0 saturated carbocycles. The highest BCUT2D eigenvalue weighted by atomic mass is 79.9. The van der Waals surface area contributed by atoms with E-state index in [1.165, 1.54) is 37.7 Å². The van der Waals surface area contributed by atoms with Crippen LogP contribution < -0.4 is 10.2 Å². The molecule has 0 radical (unpaired) electrons. The summed E-state index contributed by atoms with van der Waals surface area (Å²) in [4.78, 5) is 32.5. The zero-order chi connectivity index (χ0) is 39.0. The summed E-state index contributed by atoms with van der Waals surface area (Å²) in [7, 11) is -0.0611. The number of imidazole rings is 2. The van der Waals surface area contributed by atoms with E-state index in [-0.39, 0.29) is 24.1 Å². The molecule has 0 aliphatic heterocycles. The van der Waals surface area contributed by atoms with Gasteiger partial charge in [0, 0.05) is 31.2 Å². The van der Waals surface area contributed by atoms with E-state index in [2.05, 4.69) is 36.1 Å². The van der Waals surface area contributed by atoms with Crippen molar-refractivity contribution in [1.82, 2.24) is 29.2 Å². The SMILES string of the molecule is CCOC(=O)c1cnn2c(-c3cc(Cl)cc(Cl)c3)cnc2c1OC.CCOC(=O)c1cnn2c(Br)cnc2c1C(C)C.OB(O)c1cc(Cl)cc(Cl)c1. The lowest BCUT2D eigenvalue weighted by Gasteiger charge is -2.12. The number of carbonyl (C=O) groups excluding carboxylic acids is 2. The summed E-state index contributed by atoms with van der Waals surface area (Å²) in [6.45, 7) is 8.15. The Morgan fingerprint density at radius 1 is 0.774 bits per heavy atom. The number of benzene rings is 2. The first-order valence-electron chi connectivity index (χ1n) is 15.8. The van der Waals surface area contributed by atoms with Crippen LogP contribution in [-0.4, -0.2) is 78.6 Å². The molecule has 2 aromatic carbocycles. The first-order chi connectivity index (χ1) is 25.2. The van der Waals surface area contributed by atoms with Gasteiger partial charge in [0.05, 0.1) is 56.4 Å². The molecule has 0 amide bonds. The third kappa shape index (κ3) is 10.2. The third-order valence-electron chi connectivity index (χ3n) is 7.13. The number of hydrogen-bond acceptors (Lipinski definition) is 11. The summed E-state index contributed by atoms with van der Waals surface area (Å²) in [5.74, 6) is -0.415. The van der Waals surface area contributed by atoms with E-state index >= 15 is 0 Å². The molecular weight excluding hydrogens is 837 g/mol. The van der Waals surface area contributed by atoms with Gasteiger partial charge in [-0.2, -0.15) is 10.2 Å². The van der Waals surface area contributed by atoms with Crippen LogP contribution in [-0.2, 0) is 9.47 Å². The molecule has 0 unspecified atom stereocenters. The Bertz CT molecular complexity index is 2210. The Labute approximate surface area is 333 Å². The number of fused-ring (bicyclic) bond motifs is 2. The molecule has 4 heterocycles. The van der Waals surface area contributed by atoms with Crippen molar-refractivity contribution in [3.05, 3.63) is 103 Å². The van der Waals surface area contributed by atoms with Gasteiger partial charge >= 0.3 is 19.1 Å². The molecule has 2 N–H and O–H groups in total. The number of halogens is 5. The van der Waals surface area contributed by atoms with Crippen molar-refractivity contribution in [2.24, 2.45) is 0 Å². The molecule has 0 atom stereocenters. The van der Waals surface area contributed by atoms with Gasteiger partial charge in [-0.05, 0) is 77.6 Å². The largest absolute Gasteiger partial charge is 0.492 e. The molecule has 53 heavy (non-hydrogen) atoms. The molecule has 6 aromatic rings. The first kappa shape index (κ1) is 41.8. The minimum Gasteiger partial charge on any atom is -0.492 e. The molecule has 0 aliphatic carbocycles. The van der Waals surface area contributed by atoms with Crippen LogP contribution in [0.25, 0.3) is 22.6 Å². The standard InChI is InChI=1S/C16H13Cl2N3O3.C12H14BrN3O2.C6H5BCl2O2/c1-3-24-16(22)12-7-20-21-13(8-19-15(21)14(12)23-2)9-4-10(17)6-11(18)5-9;1-4-18-12(17)8-5-15-16-9(13)6-14-11(16)10(8)7(2)3;8-5-1-4(7(10)11)2-6(9)3-5/h4-8H,3H2,1-2H3;5-7H,4H2,1-3H3;1-3,10-11H. The molecule has 0 spiro atoms. The van der Waals surface area contributed by atoms with Crippen molar-refractivity contribution in [3.8, 4) is 17.0 Å². The van der Waals surface area contributed by atoms with E-state index in [0.29, 0.717) is 60.5 Å². The average molecular weight is 869 g/mol. The van der Waals surface area contributed by atoms with Crippen molar-refractivity contribution in [2.45, 2.75) is 33.6 Å². The number of hydrogen-bond donors (Lipinski definition) is 2. The van der Waals surface area contributed by atoms with E-state index in [0.717, 1.165) is 15.7 Å². The van der Waals surface area contributed by atoms with Crippen molar-refractivity contribution in [2.75, 3.05) is 20.3 Å². The molecular formula is C34H32BBrCl4N6O7. The summed E-state index contributed by atoms with van der Waals surface area (Å²) in [6, 6.07) is 9.56. The van der Waals surface area contributed by atoms with Gasteiger partial charge < -0.3 is 24.3 Å². The lowest BCUT2D eigenvalue weighted by molar-refractivity contribution is 0.0513. The maximum absolute atomic E-state index is 12.0. The molecule has 0 bridgehead atoms. The average Bonchev–Trinajstić information content (AvgIpc) is 3.71. The van der Waals surface area contributed by atoms with Crippen LogP contribution in [0.2, 0.25) is 20.1 Å². The fourth-order valence-corrected chi connectivity index (χ4v) is 6.39. The molecule has 6 rings (SSSR count). The highest BCUT2D eigenvalue weighted by molar-refractivity contribution is 9.10. The fourth-order valence-electron chi connectivity index (χ4n) is 4.95. The van der Waals surface area contributed by atoms with Crippen molar-refractivity contribution >= 4 is 98.1 Å². The second-order valence-electron chi connectivity index (χ2n) is 11.1. The smallest absolute Gasteiger partial charge is 0.488 e. The number of rotatable bonds is 8. The van der Waals surface area contributed by atoms with Crippen molar-refractivity contribution in [3.63, 3.8) is 0 Å². The van der Waals surface area contributed by atoms with Crippen molar-refractivity contribution in [1.29, 1.82) is 0 Å². The van der Waals surface area contributed by atoms with Gasteiger partial charge in [-0.25, -0.2) is 28.6 Å². The third-order valence-corrected chi connectivity index (χ3v) is 8.54. The van der Waals surface area contributed by atoms with Gasteiger partial charge in [-0.1, -0.05) is 60.3 Å². The van der Waals surface area contributed by atoms with Crippen LogP contribution in [0.5, 0.6) is 5.75 Å². The lowest BCUT2D eigenvalue weighted by Crippen LogP contribution is -2.29. The highest BCUT2D eigenvalue weighted by Gasteiger charge is 2.22. The number of ether oxygens (including phenoxy) is 3. The van der Waals surface area contributed by atoms with Crippen molar-refractivity contribution < 1.29 is 33.8 Å². The summed E-state index contributed by atoms with van der Waals surface area (Å²) in [5, 5.41) is 27.7. The Kier molecular flexibility index (Phi) is 14.9. The van der Waals surface area contributed by atoms with Gasteiger partial charge in [-0.15, -0.1) is 0 Å². The van der Waals surface area contributed by atoms with E-state index in [1.54, 1.807) is 53.5 Å². The summed E-state index contributed by atoms with van der Waals surface area (Å²) < 4.78 is 19.4. The molecule has 13 nitrogen and oxygen atoms in total. The van der Waals surface area contributed by atoms with E-state index < -0.39 is 13.1 Å². The maximum Gasteiger partial charge on any atom is 0.488 e. The van der Waals surface area contributed by atoms with E-state index in [9.17, 15) is 9.59 Å². The van der Waals surface area contributed by atoms with Crippen LogP contribution in [0.3, 0.4) is 0 Å². The van der Waals surface area contributed by atoms with Crippen LogP contribution >= 0.6 is 62.3 Å². The Morgan fingerprint density at radius 2 is 1.28 bits per heavy atom. The van der Waals surface area contributed by atoms with Crippen LogP contribution in [0.1, 0.15) is 59.9 Å². The summed E-state index contributed by atoms with van der Waals surface area (Å²) in [5.41, 5.74) is 4.35. The van der Waals surface area contributed by atoms with Gasteiger partial charge in [0.2, 0.25) is 0 Å². The minimum absolute atomic E-state index is 0.157. The Morgan fingerprint density at radius 3 is 1.81 bits per heavy atom. The molecule has 0 saturated heterocycles. The highest BCUT2D eigenvalue weighted by Crippen LogP contribution is 2.31. The van der Waals surface area contributed by atoms with Gasteiger partial charge in [-0.3, -0.25) is 0 Å². The normalized spacial score (nSPS) is 10.7. The molecule has 278 valence electrons. The Hall–Kier alpha value is -3.96. The topological polar surface area (TPSA) is 163 Å². The monoisotopic (exact) mass is 866 g/mol. The molecule has 0 aliphatic rings. The number of nitrogens with zero attached hydrogens (tertiary/aromatic N) is 6. The second-order valence-corrected chi connectivity index (χ2v) is 13.6. The summed E-state index contributed by atoms with van der Waals surface area (Å²) >= 11 is 26.7. The Balaban J connectivity index is 0.000000191. The molecule has 0 fully saturated rings. The van der Waals surface area contributed by atoms with Crippen LogP contribution in [0.4, 0.5) is 0 Å². The number of methoxy groups -OCH3 is 1. The fraction of sp³-hybridized carbons (Fsp3) is 0.235. The van der Waals surface area contributed by atoms with Gasteiger partial charge in [0.15, 0.2) is 17.0 Å². The van der Waals surface area contributed by atoms with Gasteiger partial charge in [0.1, 0.15) is 10.2 Å². The first-order valence-corrected chi connectivity index (χ1v) is 18.1. The second kappa shape index (κ2) is 18.9. The van der Waals surface area contributed by atoms with E-state index in [1.807, 2.05) is 13.8 Å². The van der Waals surface area contributed by atoms with Crippen LogP contribution in [0, 0.1) is 0 Å². The molecule has 4 aromatic heterocycles. The quantitative estimate of drug-likeness (QED) is 0.116.